The van der Waals surface area contributed by atoms with E-state index in [0.29, 0.717) is 22.8 Å². The molecule has 1 atom stereocenters. The van der Waals surface area contributed by atoms with Gasteiger partial charge in [0.1, 0.15) is 0 Å². The van der Waals surface area contributed by atoms with Crippen LogP contribution in [0.15, 0.2) is 18.2 Å². The van der Waals surface area contributed by atoms with E-state index in [1.54, 1.807) is 18.2 Å². The van der Waals surface area contributed by atoms with Gasteiger partial charge < -0.3 is 15.5 Å². The van der Waals surface area contributed by atoms with E-state index in [2.05, 4.69) is 17.6 Å². The number of piperidine rings is 1. The summed E-state index contributed by atoms with van der Waals surface area (Å²) in [6.07, 6.45) is 5.75. The van der Waals surface area contributed by atoms with Crippen LogP contribution in [0.4, 0.5) is 5.69 Å². The van der Waals surface area contributed by atoms with E-state index in [0.717, 1.165) is 31.8 Å². The number of benzene rings is 1. The van der Waals surface area contributed by atoms with E-state index in [1.165, 1.54) is 19.3 Å². The first-order valence-electron chi connectivity index (χ1n) is 9.15. The number of nitrogens with one attached hydrogen (secondary N) is 2. The molecule has 2 aliphatic rings. The zero-order valence-corrected chi connectivity index (χ0v) is 16.7. The van der Waals surface area contributed by atoms with Crippen LogP contribution in [-0.4, -0.2) is 42.4 Å². The SMILES string of the molecule is CC1CCCCN1C(=O)c1ccc(NC(=O)CNCC2CC2)cc1Cl.Cl. The highest BCUT2D eigenvalue weighted by Gasteiger charge is 2.25. The topological polar surface area (TPSA) is 61.4 Å². The Hall–Kier alpha value is -1.30. The maximum atomic E-state index is 12.7. The van der Waals surface area contributed by atoms with Crippen molar-refractivity contribution in [1.82, 2.24) is 10.2 Å². The van der Waals surface area contributed by atoms with Gasteiger partial charge >= 0.3 is 0 Å². The molecule has 0 bridgehead atoms. The van der Waals surface area contributed by atoms with Crippen LogP contribution in [0.25, 0.3) is 0 Å². The molecule has 1 saturated heterocycles. The summed E-state index contributed by atoms with van der Waals surface area (Å²) in [5.41, 5.74) is 1.12. The molecule has 144 valence electrons. The average molecular weight is 400 g/mol. The minimum Gasteiger partial charge on any atom is -0.336 e. The highest BCUT2D eigenvalue weighted by atomic mass is 35.5. The molecular weight excluding hydrogens is 373 g/mol. The molecule has 1 aromatic rings. The Morgan fingerprint density at radius 2 is 2.00 bits per heavy atom. The van der Waals surface area contributed by atoms with Gasteiger partial charge in [0.05, 0.1) is 17.1 Å². The Kier molecular flexibility index (Phi) is 7.74. The summed E-state index contributed by atoms with van der Waals surface area (Å²) < 4.78 is 0. The monoisotopic (exact) mass is 399 g/mol. The molecule has 2 amide bonds. The molecule has 1 aromatic carbocycles. The fraction of sp³-hybridized carbons (Fsp3) is 0.579. The number of hydrogen-bond donors (Lipinski definition) is 2. The molecule has 1 unspecified atom stereocenters. The number of amides is 2. The smallest absolute Gasteiger partial charge is 0.255 e. The summed E-state index contributed by atoms with van der Waals surface area (Å²) in [6.45, 7) is 4.05. The summed E-state index contributed by atoms with van der Waals surface area (Å²) in [7, 11) is 0. The summed E-state index contributed by atoms with van der Waals surface area (Å²) in [6, 6.07) is 5.35. The molecule has 2 fully saturated rings. The van der Waals surface area contributed by atoms with Gasteiger partial charge in [-0.1, -0.05) is 11.6 Å². The first-order chi connectivity index (χ1) is 12.0. The van der Waals surface area contributed by atoms with Crippen LogP contribution in [-0.2, 0) is 4.79 Å². The number of halogens is 2. The van der Waals surface area contributed by atoms with Crippen LogP contribution in [0.3, 0.4) is 0 Å². The number of anilines is 1. The lowest BCUT2D eigenvalue weighted by Crippen LogP contribution is -2.42. The summed E-state index contributed by atoms with van der Waals surface area (Å²) in [4.78, 5) is 26.6. The molecule has 0 spiro atoms. The Labute approximate surface area is 166 Å². The van der Waals surface area contributed by atoms with Crippen molar-refractivity contribution < 1.29 is 9.59 Å². The third kappa shape index (κ3) is 5.60. The van der Waals surface area contributed by atoms with Gasteiger partial charge in [-0.3, -0.25) is 9.59 Å². The van der Waals surface area contributed by atoms with E-state index in [9.17, 15) is 9.59 Å². The number of rotatable bonds is 6. The minimum absolute atomic E-state index is 0. The van der Waals surface area contributed by atoms with Crippen molar-refractivity contribution in [2.75, 3.05) is 25.0 Å². The van der Waals surface area contributed by atoms with Gasteiger partial charge in [-0.15, -0.1) is 12.4 Å². The Balaban J connectivity index is 0.00000243. The first kappa shape index (κ1) is 21.0. The van der Waals surface area contributed by atoms with Crippen LogP contribution in [0.2, 0.25) is 5.02 Å². The molecule has 2 N–H and O–H groups in total. The van der Waals surface area contributed by atoms with E-state index in [4.69, 9.17) is 11.6 Å². The Bertz CT molecular complexity index is 650. The van der Waals surface area contributed by atoms with Crippen LogP contribution in [0, 0.1) is 5.92 Å². The normalized spacial score (nSPS) is 19.6. The fourth-order valence-electron chi connectivity index (χ4n) is 3.24. The number of hydrogen-bond acceptors (Lipinski definition) is 3. The maximum Gasteiger partial charge on any atom is 0.255 e. The van der Waals surface area contributed by atoms with Gasteiger partial charge in [0.25, 0.3) is 5.91 Å². The third-order valence-electron chi connectivity index (χ3n) is 4.96. The minimum atomic E-state index is -0.0968. The second-order valence-corrected chi connectivity index (χ2v) is 7.57. The Morgan fingerprint density at radius 3 is 2.65 bits per heavy atom. The quantitative estimate of drug-likeness (QED) is 0.765. The highest BCUT2D eigenvalue weighted by Crippen LogP contribution is 2.27. The van der Waals surface area contributed by atoms with Gasteiger partial charge in [0.2, 0.25) is 5.91 Å². The molecule has 26 heavy (non-hydrogen) atoms. The summed E-state index contributed by atoms with van der Waals surface area (Å²) >= 11 is 6.31. The van der Waals surface area contributed by atoms with Crippen molar-refractivity contribution in [3.8, 4) is 0 Å². The van der Waals surface area contributed by atoms with Gasteiger partial charge in [-0.25, -0.2) is 0 Å². The molecule has 0 radical (unpaired) electrons. The number of carbonyl (C=O) groups is 2. The predicted molar refractivity (Wildman–Crippen MR) is 107 cm³/mol. The largest absolute Gasteiger partial charge is 0.336 e. The maximum absolute atomic E-state index is 12.7. The molecular formula is C19H27Cl2N3O2. The Morgan fingerprint density at radius 1 is 1.23 bits per heavy atom. The lowest BCUT2D eigenvalue weighted by atomic mass is 10.0. The fourth-order valence-corrected chi connectivity index (χ4v) is 3.50. The van der Waals surface area contributed by atoms with Crippen molar-refractivity contribution in [3.05, 3.63) is 28.8 Å². The second kappa shape index (κ2) is 9.58. The first-order valence-corrected chi connectivity index (χ1v) is 9.53. The number of nitrogens with zero attached hydrogens (tertiary/aromatic N) is 1. The molecule has 1 aliphatic carbocycles. The van der Waals surface area contributed by atoms with E-state index in [-0.39, 0.29) is 30.3 Å². The van der Waals surface area contributed by atoms with Gasteiger partial charge in [-0.2, -0.15) is 0 Å². The van der Waals surface area contributed by atoms with Crippen LogP contribution < -0.4 is 10.6 Å². The van der Waals surface area contributed by atoms with E-state index < -0.39 is 0 Å². The molecule has 7 heteroatoms. The van der Waals surface area contributed by atoms with Crippen molar-refractivity contribution in [2.24, 2.45) is 5.92 Å². The summed E-state index contributed by atoms with van der Waals surface area (Å²) in [5, 5.41) is 6.36. The van der Waals surface area contributed by atoms with Crippen molar-refractivity contribution in [2.45, 2.75) is 45.1 Å². The molecule has 1 aliphatic heterocycles. The lowest BCUT2D eigenvalue weighted by molar-refractivity contribution is -0.115. The van der Waals surface area contributed by atoms with Crippen molar-refractivity contribution >= 4 is 41.5 Å². The highest BCUT2D eigenvalue weighted by molar-refractivity contribution is 6.34. The average Bonchev–Trinajstić information content (AvgIpc) is 3.39. The molecule has 5 nitrogen and oxygen atoms in total. The second-order valence-electron chi connectivity index (χ2n) is 7.16. The van der Waals surface area contributed by atoms with Gasteiger partial charge in [0.15, 0.2) is 0 Å². The number of carbonyl (C=O) groups excluding carboxylic acids is 2. The van der Waals surface area contributed by atoms with Crippen LogP contribution in [0.1, 0.15) is 49.4 Å². The third-order valence-corrected chi connectivity index (χ3v) is 5.28. The van der Waals surface area contributed by atoms with Crippen molar-refractivity contribution in [1.29, 1.82) is 0 Å². The molecule has 1 heterocycles. The zero-order chi connectivity index (χ0) is 17.8. The van der Waals surface area contributed by atoms with E-state index in [1.807, 2.05) is 4.90 Å². The molecule has 0 aromatic heterocycles. The van der Waals surface area contributed by atoms with Crippen molar-refractivity contribution in [3.63, 3.8) is 0 Å². The molecule has 1 saturated carbocycles. The van der Waals surface area contributed by atoms with Crippen LogP contribution in [0.5, 0.6) is 0 Å². The number of likely N-dealkylation sites (tertiary alicyclic amines) is 1. The van der Waals surface area contributed by atoms with Gasteiger partial charge in [-0.05, 0) is 69.7 Å². The predicted octanol–water partition coefficient (Wildman–Crippen LogP) is 3.71. The lowest BCUT2D eigenvalue weighted by Gasteiger charge is -2.33. The van der Waals surface area contributed by atoms with E-state index >= 15 is 0 Å². The standard InChI is InChI=1S/C19H26ClN3O2.ClH/c1-13-4-2-3-9-23(13)19(25)16-8-7-15(10-17(16)20)22-18(24)12-21-11-14-5-6-14;/h7-8,10,13-14,21H,2-6,9,11-12H2,1H3,(H,22,24);1H. The van der Waals surface area contributed by atoms with Crippen LogP contribution >= 0.6 is 24.0 Å². The summed E-state index contributed by atoms with van der Waals surface area (Å²) in [5.74, 6) is 0.617. The van der Waals surface area contributed by atoms with Gasteiger partial charge in [0, 0.05) is 18.3 Å². The molecule has 3 rings (SSSR count). The zero-order valence-electron chi connectivity index (χ0n) is 15.1.